The molecular weight excluding hydrogens is 286 g/mol. The lowest BCUT2D eigenvalue weighted by Gasteiger charge is -2.19. The Bertz CT molecular complexity index is 552. The summed E-state index contributed by atoms with van der Waals surface area (Å²) in [4.78, 5) is 2.11. The first-order chi connectivity index (χ1) is 10.1. The van der Waals surface area contributed by atoms with Crippen molar-refractivity contribution >= 4 is 11.6 Å². The van der Waals surface area contributed by atoms with Crippen molar-refractivity contribution in [2.45, 2.75) is 19.0 Å². The Kier molecular flexibility index (Phi) is 5.76. The smallest absolute Gasteiger partial charge is 0.0834 e. The van der Waals surface area contributed by atoms with E-state index in [0.29, 0.717) is 5.02 Å². The fourth-order valence-corrected chi connectivity index (χ4v) is 2.55. The Balaban J connectivity index is 2.19. The van der Waals surface area contributed by atoms with Crippen LogP contribution in [0.5, 0.6) is 0 Å². The van der Waals surface area contributed by atoms with Crippen molar-refractivity contribution in [1.82, 2.24) is 20.1 Å². The molecule has 1 aromatic carbocycles. The third-order valence-corrected chi connectivity index (χ3v) is 3.70. The summed E-state index contributed by atoms with van der Waals surface area (Å²) in [5.74, 6) is 5.75. The van der Waals surface area contributed by atoms with Crippen LogP contribution in [0.25, 0.3) is 0 Å². The molecule has 5 nitrogen and oxygen atoms in total. The minimum Gasteiger partial charge on any atom is -0.308 e. The van der Waals surface area contributed by atoms with Crippen molar-refractivity contribution < 1.29 is 0 Å². The molecule has 0 aliphatic heterocycles. The van der Waals surface area contributed by atoms with E-state index in [1.807, 2.05) is 37.0 Å². The van der Waals surface area contributed by atoms with E-state index < -0.39 is 0 Å². The van der Waals surface area contributed by atoms with E-state index in [-0.39, 0.29) is 6.04 Å². The molecule has 1 aromatic heterocycles. The molecule has 2 rings (SSSR count). The van der Waals surface area contributed by atoms with E-state index in [0.717, 1.165) is 25.2 Å². The lowest BCUT2D eigenvalue weighted by atomic mass is 10.0. The van der Waals surface area contributed by atoms with Crippen LogP contribution in [0, 0.1) is 0 Å². The van der Waals surface area contributed by atoms with Crippen molar-refractivity contribution in [3.05, 3.63) is 52.8 Å². The third kappa shape index (κ3) is 4.28. The maximum atomic E-state index is 6.31. The van der Waals surface area contributed by atoms with E-state index in [9.17, 15) is 0 Å². The number of hydrazine groups is 1. The predicted molar refractivity (Wildman–Crippen MR) is 86.0 cm³/mol. The van der Waals surface area contributed by atoms with Gasteiger partial charge >= 0.3 is 0 Å². The number of nitrogens with one attached hydrogen (secondary N) is 1. The lowest BCUT2D eigenvalue weighted by Crippen LogP contribution is -2.32. The van der Waals surface area contributed by atoms with Crippen LogP contribution < -0.4 is 11.3 Å². The van der Waals surface area contributed by atoms with Gasteiger partial charge in [-0.15, -0.1) is 0 Å². The number of likely N-dealkylation sites (N-methyl/N-ethyl adjacent to an activating group) is 1. The van der Waals surface area contributed by atoms with Crippen molar-refractivity contribution in [2.75, 3.05) is 20.6 Å². The Hall–Kier alpha value is -1.40. The Morgan fingerprint density at radius 1 is 1.33 bits per heavy atom. The molecule has 0 radical (unpaired) electrons. The molecule has 0 aliphatic rings. The minimum atomic E-state index is -0.0652. The first-order valence-corrected chi connectivity index (χ1v) is 7.35. The second-order valence-electron chi connectivity index (χ2n) is 5.31. The Morgan fingerprint density at radius 3 is 2.67 bits per heavy atom. The van der Waals surface area contributed by atoms with Gasteiger partial charge in [-0.3, -0.25) is 16.0 Å². The van der Waals surface area contributed by atoms with Crippen LogP contribution in [-0.2, 0) is 13.0 Å². The van der Waals surface area contributed by atoms with Gasteiger partial charge in [0, 0.05) is 6.54 Å². The lowest BCUT2D eigenvalue weighted by molar-refractivity contribution is 0.362. The number of benzene rings is 1. The van der Waals surface area contributed by atoms with Crippen LogP contribution in [0.3, 0.4) is 0 Å². The molecular formula is C15H22ClN5. The Morgan fingerprint density at radius 2 is 2.05 bits per heavy atom. The number of nitrogens with two attached hydrogens (primary N) is 1. The van der Waals surface area contributed by atoms with Crippen molar-refractivity contribution in [3.63, 3.8) is 0 Å². The van der Waals surface area contributed by atoms with Crippen LogP contribution in [-0.4, -0.2) is 35.3 Å². The molecule has 0 fully saturated rings. The van der Waals surface area contributed by atoms with Gasteiger partial charge in [-0.05, 0) is 26.1 Å². The highest BCUT2D eigenvalue weighted by atomic mass is 35.5. The average molecular weight is 308 g/mol. The van der Waals surface area contributed by atoms with Gasteiger partial charge in [-0.25, -0.2) is 0 Å². The first kappa shape index (κ1) is 16.0. The Labute approximate surface area is 130 Å². The summed E-state index contributed by atoms with van der Waals surface area (Å²) in [6.07, 6.45) is 2.45. The fraction of sp³-hybridized carbons (Fsp3) is 0.400. The molecule has 0 saturated heterocycles. The molecule has 0 bridgehead atoms. The topological polar surface area (TPSA) is 59.1 Å². The van der Waals surface area contributed by atoms with Gasteiger partial charge in [-0.2, -0.15) is 5.10 Å². The van der Waals surface area contributed by atoms with Crippen LogP contribution in [0.2, 0.25) is 5.02 Å². The zero-order chi connectivity index (χ0) is 15.2. The van der Waals surface area contributed by atoms with Gasteiger partial charge in [0.25, 0.3) is 0 Å². The molecule has 3 N–H and O–H groups in total. The van der Waals surface area contributed by atoms with E-state index in [4.69, 9.17) is 17.4 Å². The maximum absolute atomic E-state index is 6.31. The average Bonchev–Trinajstić information content (AvgIpc) is 2.85. The van der Waals surface area contributed by atoms with Crippen LogP contribution in [0.4, 0.5) is 0 Å². The van der Waals surface area contributed by atoms with E-state index in [1.54, 1.807) is 6.20 Å². The molecule has 0 saturated carbocycles. The first-order valence-electron chi connectivity index (χ1n) is 6.97. The summed E-state index contributed by atoms with van der Waals surface area (Å²) in [5.41, 5.74) is 5.00. The number of rotatable bonds is 7. The molecule has 2 aromatic rings. The van der Waals surface area contributed by atoms with Gasteiger partial charge in [0.1, 0.15) is 0 Å². The predicted octanol–water partition coefficient (Wildman–Crippen LogP) is 1.85. The summed E-state index contributed by atoms with van der Waals surface area (Å²) in [5, 5.41) is 5.01. The summed E-state index contributed by atoms with van der Waals surface area (Å²) >= 11 is 6.31. The summed E-state index contributed by atoms with van der Waals surface area (Å²) in [7, 11) is 4.07. The zero-order valence-corrected chi connectivity index (χ0v) is 13.2. The molecule has 1 atom stereocenters. The molecule has 114 valence electrons. The zero-order valence-electron chi connectivity index (χ0n) is 12.5. The van der Waals surface area contributed by atoms with E-state index in [2.05, 4.69) is 27.6 Å². The highest BCUT2D eigenvalue weighted by Crippen LogP contribution is 2.25. The molecule has 1 unspecified atom stereocenters. The van der Waals surface area contributed by atoms with Gasteiger partial charge in [0.2, 0.25) is 0 Å². The second kappa shape index (κ2) is 7.56. The monoisotopic (exact) mass is 307 g/mol. The number of nitrogens with zero attached hydrogens (tertiary/aromatic N) is 3. The van der Waals surface area contributed by atoms with Crippen molar-refractivity contribution in [2.24, 2.45) is 5.84 Å². The number of halogens is 1. The van der Waals surface area contributed by atoms with Crippen molar-refractivity contribution in [3.8, 4) is 0 Å². The highest BCUT2D eigenvalue weighted by molar-refractivity contribution is 6.31. The largest absolute Gasteiger partial charge is 0.308 e. The minimum absolute atomic E-state index is 0.0652. The van der Waals surface area contributed by atoms with E-state index in [1.165, 1.54) is 5.56 Å². The quantitative estimate of drug-likeness (QED) is 0.605. The van der Waals surface area contributed by atoms with Crippen LogP contribution >= 0.6 is 11.6 Å². The molecule has 0 amide bonds. The third-order valence-electron chi connectivity index (χ3n) is 3.41. The number of aromatic nitrogens is 2. The SMILES string of the molecule is CN(C)CCn1ncc(Cl)c1C(Cc1ccccc1)NN. The number of hydrogen-bond donors (Lipinski definition) is 2. The molecule has 6 heteroatoms. The van der Waals surface area contributed by atoms with Crippen LogP contribution in [0.1, 0.15) is 17.3 Å². The summed E-state index contributed by atoms with van der Waals surface area (Å²) in [6, 6.07) is 10.1. The van der Waals surface area contributed by atoms with Gasteiger partial charge < -0.3 is 4.90 Å². The second-order valence-corrected chi connectivity index (χ2v) is 5.72. The highest BCUT2D eigenvalue weighted by Gasteiger charge is 2.19. The molecule has 0 spiro atoms. The standard InChI is InChI=1S/C15H22ClN5/c1-20(2)8-9-21-15(13(16)11-18-21)14(19-17)10-12-6-4-3-5-7-12/h3-7,11,14,19H,8-10,17H2,1-2H3. The van der Waals surface area contributed by atoms with Crippen molar-refractivity contribution in [1.29, 1.82) is 0 Å². The summed E-state index contributed by atoms with van der Waals surface area (Å²) < 4.78 is 1.93. The van der Waals surface area contributed by atoms with Gasteiger partial charge in [0.05, 0.1) is 29.5 Å². The molecule has 0 aliphatic carbocycles. The van der Waals surface area contributed by atoms with E-state index >= 15 is 0 Å². The fourth-order valence-electron chi connectivity index (χ4n) is 2.28. The molecule has 21 heavy (non-hydrogen) atoms. The van der Waals surface area contributed by atoms with Gasteiger partial charge in [-0.1, -0.05) is 41.9 Å². The molecule has 1 heterocycles. The summed E-state index contributed by atoms with van der Waals surface area (Å²) in [6.45, 7) is 1.68. The van der Waals surface area contributed by atoms with Crippen LogP contribution in [0.15, 0.2) is 36.5 Å². The van der Waals surface area contributed by atoms with Gasteiger partial charge in [0.15, 0.2) is 0 Å². The number of hydrogen-bond acceptors (Lipinski definition) is 4. The normalized spacial score (nSPS) is 12.8. The maximum Gasteiger partial charge on any atom is 0.0834 e.